The topological polar surface area (TPSA) is 63.2 Å². The highest BCUT2D eigenvalue weighted by Gasteiger charge is 2.14. The van der Waals surface area contributed by atoms with Gasteiger partial charge in [0.25, 0.3) is 0 Å². The number of rotatable bonds is 7. The van der Waals surface area contributed by atoms with Crippen molar-refractivity contribution in [1.82, 2.24) is 9.13 Å². The van der Waals surface area contributed by atoms with E-state index in [0.29, 0.717) is 12.2 Å². The van der Waals surface area contributed by atoms with E-state index in [1.165, 1.54) is 0 Å². The molecule has 2 N–H and O–H groups in total. The minimum atomic E-state index is -0.685. The Hall–Kier alpha value is -2.53. The van der Waals surface area contributed by atoms with Crippen molar-refractivity contribution >= 4 is 11.0 Å². The summed E-state index contributed by atoms with van der Waals surface area (Å²) in [4.78, 5) is 0. The van der Waals surface area contributed by atoms with E-state index in [-0.39, 0.29) is 6.61 Å². The molecule has 3 aromatic rings. The van der Waals surface area contributed by atoms with Gasteiger partial charge in [-0.2, -0.15) is 0 Å². The van der Waals surface area contributed by atoms with Gasteiger partial charge in [0, 0.05) is 6.54 Å². The first-order valence-corrected chi connectivity index (χ1v) is 8.70. The second-order valence-electron chi connectivity index (χ2n) is 6.36. The molecule has 0 unspecified atom stereocenters. The van der Waals surface area contributed by atoms with Crippen molar-refractivity contribution in [2.45, 2.75) is 39.5 Å². The van der Waals surface area contributed by atoms with Crippen molar-refractivity contribution in [3.05, 3.63) is 59.7 Å². The van der Waals surface area contributed by atoms with E-state index in [1.54, 1.807) is 0 Å². The number of imidazole rings is 1. The standard InChI is InChI=1S/C20H25N3O2/c1-3-11-22-18-9-4-5-10-19(18)23(20(22)21)13-16(24)14-25-17-8-6-7-15(2)12-17/h4-10,12,16,21,24H,3,11,13-14H2,1-2H3/t16-/m1/s1. The van der Waals surface area contributed by atoms with E-state index in [2.05, 4.69) is 6.92 Å². The molecule has 5 heteroatoms. The minimum absolute atomic E-state index is 0.198. The maximum absolute atomic E-state index is 10.4. The van der Waals surface area contributed by atoms with Crippen molar-refractivity contribution in [2.75, 3.05) is 6.61 Å². The molecule has 0 aliphatic rings. The van der Waals surface area contributed by atoms with Crippen LogP contribution in [0.2, 0.25) is 0 Å². The van der Waals surface area contributed by atoms with E-state index >= 15 is 0 Å². The van der Waals surface area contributed by atoms with Gasteiger partial charge < -0.3 is 19.0 Å². The summed E-state index contributed by atoms with van der Waals surface area (Å²) in [6.45, 7) is 5.43. The van der Waals surface area contributed by atoms with Crippen LogP contribution in [0.1, 0.15) is 18.9 Å². The third-order valence-electron chi connectivity index (χ3n) is 4.25. The molecular formula is C20H25N3O2. The molecule has 1 atom stereocenters. The summed E-state index contributed by atoms with van der Waals surface area (Å²) >= 11 is 0. The van der Waals surface area contributed by atoms with E-state index in [0.717, 1.165) is 35.3 Å². The molecule has 0 amide bonds. The SMILES string of the molecule is CCCn1c(=N)n(C[C@@H](O)COc2cccc(C)c2)c2ccccc21. The van der Waals surface area contributed by atoms with Crippen LogP contribution in [0.5, 0.6) is 5.75 Å². The zero-order chi connectivity index (χ0) is 17.8. The zero-order valence-electron chi connectivity index (χ0n) is 14.8. The van der Waals surface area contributed by atoms with Crippen molar-refractivity contribution in [1.29, 1.82) is 5.41 Å². The Bertz CT molecular complexity index is 911. The van der Waals surface area contributed by atoms with Crippen LogP contribution in [-0.2, 0) is 13.1 Å². The number of para-hydroxylation sites is 2. The lowest BCUT2D eigenvalue weighted by Crippen LogP contribution is -2.31. The first-order valence-electron chi connectivity index (χ1n) is 8.70. The number of aliphatic hydroxyl groups is 1. The molecule has 132 valence electrons. The quantitative estimate of drug-likeness (QED) is 0.695. The average Bonchev–Trinajstić information content (AvgIpc) is 2.86. The van der Waals surface area contributed by atoms with Crippen LogP contribution >= 0.6 is 0 Å². The Kier molecular flexibility index (Phi) is 5.24. The maximum Gasteiger partial charge on any atom is 0.203 e. The van der Waals surface area contributed by atoms with E-state index in [4.69, 9.17) is 10.1 Å². The zero-order valence-corrected chi connectivity index (χ0v) is 14.8. The van der Waals surface area contributed by atoms with Crippen LogP contribution in [0, 0.1) is 12.3 Å². The predicted octanol–water partition coefficient (Wildman–Crippen LogP) is 3.08. The summed E-state index contributed by atoms with van der Waals surface area (Å²) in [5.74, 6) is 0.753. The summed E-state index contributed by atoms with van der Waals surface area (Å²) in [5, 5.41) is 18.9. The summed E-state index contributed by atoms with van der Waals surface area (Å²) < 4.78 is 9.54. The lowest BCUT2D eigenvalue weighted by molar-refractivity contribution is 0.0920. The Morgan fingerprint density at radius 3 is 2.48 bits per heavy atom. The number of benzene rings is 2. The van der Waals surface area contributed by atoms with Gasteiger partial charge in [-0.15, -0.1) is 0 Å². The third kappa shape index (κ3) is 3.77. The smallest absolute Gasteiger partial charge is 0.203 e. The lowest BCUT2D eigenvalue weighted by atomic mass is 10.2. The molecule has 1 heterocycles. The number of fused-ring (bicyclic) bond motifs is 1. The number of nitrogens with zero attached hydrogens (tertiary/aromatic N) is 2. The molecule has 0 saturated carbocycles. The van der Waals surface area contributed by atoms with Gasteiger partial charge in [0.2, 0.25) is 5.62 Å². The first-order chi connectivity index (χ1) is 12.1. The molecule has 0 saturated heterocycles. The summed E-state index contributed by atoms with van der Waals surface area (Å²) in [5.41, 5.74) is 3.53. The van der Waals surface area contributed by atoms with Crippen LogP contribution in [0.25, 0.3) is 11.0 Å². The van der Waals surface area contributed by atoms with Crippen LogP contribution in [-0.4, -0.2) is 27.0 Å². The van der Waals surface area contributed by atoms with Gasteiger partial charge in [-0.3, -0.25) is 5.41 Å². The Morgan fingerprint density at radius 1 is 1.08 bits per heavy atom. The first kappa shape index (κ1) is 17.3. The number of aromatic nitrogens is 2. The molecule has 0 radical (unpaired) electrons. The van der Waals surface area contributed by atoms with Gasteiger partial charge in [0.1, 0.15) is 18.5 Å². The second-order valence-corrected chi connectivity index (χ2v) is 6.36. The number of nitrogens with one attached hydrogen (secondary N) is 1. The fraction of sp³-hybridized carbons (Fsp3) is 0.350. The highest BCUT2D eigenvalue weighted by molar-refractivity contribution is 5.75. The molecule has 0 spiro atoms. The largest absolute Gasteiger partial charge is 0.491 e. The molecule has 2 aromatic carbocycles. The highest BCUT2D eigenvalue weighted by Crippen LogP contribution is 2.15. The van der Waals surface area contributed by atoms with Gasteiger partial charge in [-0.25, -0.2) is 0 Å². The molecule has 25 heavy (non-hydrogen) atoms. The fourth-order valence-electron chi connectivity index (χ4n) is 3.09. The van der Waals surface area contributed by atoms with Gasteiger partial charge in [-0.05, 0) is 43.2 Å². The lowest BCUT2D eigenvalue weighted by Gasteiger charge is -2.14. The van der Waals surface area contributed by atoms with E-state index in [9.17, 15) is 5.11 Å². The number of aryl methyl sites for hydroxylation is 2. The fourth-order valence-corrected chi connectivity index (χ4v) is 3.09. The maximum atomic E-state index is 10.4. The van der Waals surface area contributed by atoms with Crippen molar-refractivity contribution in [3.63, 3.8) is 0 Å². The summed E-state index contributed by atoms with van der Waals surface area (Å²) in [6.07, 6.45) is 0.277. The molecule has 0 aliphatic carbocycles. The second kappa shape index (κ2) is 7.57. The Labute approximate surface area is 147 Å². The number of hydrogen-bond donors (Lipinski definition) is 2. The van der Waals surface area contributed by atoms with Gasteiger partial charge in [0.15, 0.2) is 0 Å². The monoisotopic (exact) mass is 339 g/mol. The molecule has 5 nitrogen and oxygen atoms in total. The Balaban J connectivity index is 1.78. The normalized spacial score (nSPS) is 12.4. The van der Waals surface area contributed by atoms with Crippen molar-refractivity contribution in [2.24, 2.45) is 0 Å². The summed E-state index contributed by atoms with van der Waals surface area (Å²) in [6, 6.07) is 15.7. The molecule has 1 aromatic heterocycles. The Morgan fingerprint density at radius 2 is 1.80 bits per heavy atom. The van der Waals surface area contributed by atoms with E-state index in [1.807, 2.05) is 64.6 Å². The third-order valence-corrected chi connectivity index (χ3v) is 4.25. The van der Waals surface area contributed by atoms with Gasteiger partial charge >= 0.3 is 0 Å². The van der Waals surface area contributed by atoms with Crippen molar-refractivity contribution < 1.29 is 9.84 Å². The number of hydrogen-bond acceptors (Lipinski definition) is 3. The van der Waals surface area contributed by atoms with Crippen molar-refractivity contribution in [3.8, 4) is 5.75 Å². The molecule has 3 rings (SSSR count). The molecule has 0 aliphatic heterocycles. The molecule has 0 bridgehead atoms. The van der Waals surface area contributed by atoms with E-state index < -0.39 is 6.10 Å². The van der Waals surface area contributed by atoms with Crippen LogP contribution in [0.4, 0.5) is 0 Å². The summed E-state index contributed by atoms with van der Waals surface area (Å²) in [7, 11) is 0. The average molecular weight is 339 g/mol. The van der Waals surface area contributed by atoms with Crippen LogP contribution in [0.3, 0.4) is 0 Å². The van der Waals surface area contributed by atoms with Crippen LogP contribution in [0.15, 0.2) is 48.5 Å². The van der Waals surface area contributed by atoms with Crippen LogP contribution < -0.4 is 10.4 Å². The number of aliphatic hydroxyl groups excluding tert-OH is 1. The number of ether oxygens (including phenoxy) is 1. The van der Waals surface area contributed by atoms with Gasteiger partial charge in [-0.1, -0.05) is 31.2 Å². The predicted molar refractivity (Wildman–Crippen MR) is 98.8 cm³/mol. The molecule has 0 fully saturated rings. The molecular weight excluding hydrogens is 314 g/mol. The van der Waals surface area contributed by atoms with Gasteiger partial charge in [0.05, 0.1) is 17.6 Å². The minimum Gasteiger partial charge on any atom is -0.491 e. The highest BCUT2D eigenvalue weighted by atomic mass is 16.5.